The molecule has 5 rings (SSSR count). The van der Waals surface area contributed by atoms with Crippen LogP contribution in [0.15, 0.2) is 52.6 Å². The lowest BCUT2D eigenvalue weighted by atomic mass is 10.1. The Morgan fingerprint density at radius 2 is 1.93 bits per heavy atom. The monoisotopic (exact) mass is 420 g/mol. The number of hydrogen-bond donors (Lipinski definition) is 0. The molecule has 0 unspecified atom stereocenters. The number of carbonyl (C=O) groups excluding carboxylic acids is 1. The number of aryl methyl sites for hydroxylation is 1. The molecule has 1 aliphatic rings. The fraction of sp³-hybridized carbons (Fsp3) is 0.333. The standard InChI is InChI=1S/C24H24N2O3S/c1-15-6-5-9-21-22(15)17(14-30-21)13-25-19-7-3-4-8-20(19)26(24(25)28)18-11-10-16(12-18)23(27)29-2/h3-9,14,16,18H,10-13H2,1-2H3/t16-,18+/m1/s1. The van der Waals surface area contributed by atoms with Crippen LogP contribution in [0.2, 0.25) is 0 Å². The molecule has 0 radical (unpaired) electrons. The minimum atomic E-state index is -0.172. The van der Waals surface area contributed by atoms with E-state index in [1.165, 1.54) is 28.3 Å². The minimum Gasteiger partial charge on any atom is -0.469 e. The van der Waals surface area contributed by atoms with Crippen LogP contribution in [-0.4, -0.2) is 22.2 Å². The number of aromatic nitrogens is 2. The van der Waals surface area contributed by atoms with Crippen LogP contribution in [0.3, 0.4) is 0 Å². The number of hydrogen-bond acceptors (Lipinski definition) is 4. The van der Waals surface area contributed by atoms with Crippen LogP contribution in [0.25, 0.3) is 21.1 Å². The molecule has 2 aromatic heterocycles. The smallest absolute Gasteiger partial charge is 0.329 e. The first-order chi connectivity index (χ1) is 14.6. The fourth-order valence-electron chi connectivity index (χ4n) is 4.94. The number of methoxy groups -OCH3 is 1. The number of fused-ring (bicyclic) bond motifs is 2. The van der Waals surface area contributed by atoms with E-state index in [9.17, 15) is 9.59 Å². The van der Waals surface area contributed by atoms with Gasteiger partial charge in [0.15, 0.2) is 0 Å². The summed E-state index contributed by atoms with van der Waals surface area (Å²) in [7, 11) is 1.43. The molecule has 6 heteroatoms. The van der Waals surface area contributed by atoms with Crippen molar-refractivity contribution >= 4 is 38.4 Å². The van der Waals surface area contributed by atoms with E-state index in [4.69, 9.17) is 4.74 Å². The second-order valence-corrected chi connectivity index (χ2v) is 9.03. The van der Waals surface area contributed by atoms with Gasteiger partial charge in [-0.3, -0.25) is 13.9 Å². The molecule has 0 N–H and O–H groups in total. The van der Waals surface area contributed by atoms with Gasteiger partial charge in [0.25, 0.3) is 0 Å². The zero-order valence-corrected chi connectivity index (χ0v) is 17.9. The Morgan fingerprint density at radius 1 is 1.13 bits per heavy atom. The second-order valence-electron chi connectivity index (χ2n) is 8.12. The molecule has 2 aromatic carbocycles. The van der Waals surface area contributed by atoms with Crippen molar-refractivity contribution in [3.05, 3.63) is 69.5 Å². The molecule has 2 heterocycles. The highest BCUT2D eigenvalue weighted by Crippen LogP contribution is 2.36. The Kier molecular flexibility index (Phi) is 4.74. The van der Waals surface area contributed by atoms with Gasteiger partial charge in [-0.1, -0.05) is 24.3 Å². The molecular formula is C24H24N2O3S. The van der Waals surface area contributed by atoms with Gasteiger partial charge in [0.1, 0.15) is 0 Å². The van der Waals surface area contributed by atoms with Crippen molar-refractivity contribution in [3.63, 3.8) is 0 Å². The van der Waals surface area contributed by atoms with Gasteiger partial charge in [-0.2, -0.15) is 0 Å². The summed E-state index contributed by atoms with van der Waals surface area (Å²) in [4.78, 5) is 25.6. The molecule has 1 fully saturated rings. The van der Waals surface area contributed by atoms with Crippen LogP contribution in [0.1, 0.15) is 36.4 Å². The normalized spacial score (nSPS) is 19.0. The Hall–Kier alpha value is -2.86. The van der Waals surface area contributed by atoms with Crippen LogP contribution in [-0.2, 0) is 16.1 Å². The summed E-state index contributed by atoms with van der Waals surface area (Å²) < 4.78 is 9.97. The van der Waals surface area contributed by atoms with Crippen molar-refractivity contribution < 1.29 is 9.53 Å². The summed E-state index contributed by atoms with van der Waals surface area (Å²) in [6.45, 7) is 2.67. The lowest BCUT2D eigenvalue weighted by Crippen LogP contribution is -2.27. The minimum absolute atomic E-state index is 0.000324. The van der Waals surface area contributed by atoms with Crippen molar-refractivity contribution in [1.29, 1.82) is 0 Å². The summed E-state index contributed by atoms with van der Waals surface area (Å²) in [5.41, 5.74) is 4.29. The van der Waals surface area contributed by atoms with Gasteiger partial charge in [-0.05, 0) is 60.9 Å². The number of carbonyl (C=O) groups is 1. The maximum Gasteiger partial charge on any atom is 0.329 e. The number of rotatable bonds is 4. The third-order valence-corrected chi connectivity index (χ3v) is 7.38. The second kappa shape index (κ2) is 7.43. The highest BCUT2D eigenvalue weighted by molar-refractivity contribution is 7.17. The molecule has 5 nitrogen and oxygen atoms in total. The van der Waals surface area contributed by atoms with Gasteiger partial charge in [-0.25, -0.2) is 4.79 Å². The quantitative estimate of drug-likeness (QED) is 0.442. The van der Waals surface area contributed by atoms with E-state index in [2.05, 4.69) is 30.5 Å². The maximum atomic E-state index is 13.6. The van der Waals surface area contributed by atoms with Crippen LogP contribution < -0.4 is 5.69 Å². The van der Waals surface area contributed by atoms with Gasteiger partial charge in [0, 0.05) is 16.1 Å². The van der Waals surface area contributed by atoms with Crippen LogP contribution in [0, 0.1) is 12.8 Å². The molecule has 1 saturated carbocycles. The van der Waals surface area contributed by atoms with E-state index in [0.29, 0.717) is 13.0 Å². The first kappa shape index (κ1) is 19.1. The third kappa shape index (κ3) is 2.98. The fourth-order valence-corrected chi connectivity index (χ4v) is 5.97. The Labute approximate surface area is 178 Å². The molecule has 0 spiro atoms. The van der Waals surface area contributed by atoms with Gasteiger partial charge < -0.3 is 4.74 Å². The number of imidazole rings is 1. The number of benzene rings is 2. The third-order valence-electron chi connectivity index (χ3n) is 6.39. The highest BCUT2D eigenvalue weighted by Gasteiger charge is 2.33. The van der Waals surface area contributed by atoms with Crippen molar-refractivity contribution in [2.45, 2.75) is 38.8 Å². The molecular weight excluding hydrogens is 396 g/mol. The average molecular weight is 421 g/mol. The SMILES string of the molecule is COC(=O)[C@@H]1CC[C@H](n2c(=O)n(Cc3csc4cccc(C)c34)c3ccccc32)C1. The largest absolute Gasteiger partial charge is 0.469 e. The van der Waals surface area contributed by atoms with Crippen molar-refractivity contribution in [1.82, 2.24) is 9.13 Å². The molecule has 0 bridgehead atoms. The zero-order valence-electron chi connectivity index (χ0n) is 17.1. The van der Waals surface area contributed by atoms with Crippen molar-refractivity contribution in [2.24, 2.45) is 5.92 Å². The van der Waals surface area contributed by atoms with Gasteiger partial charge in [-0.15, -0.1) is 11.3 Å². The lowest BCUT2D eigenvalue weighted by molar-refractivity contribution is -0.145. The van der Waals surface area contributed by atoms with Crippen molar-refractivity contribution in [3.8, 4) is 0 Å². The van der Waals surface area contributed by atoms with Crippen LogP contribution in [0.4, 0.5) is 0 Å². The Morgan fingerprint density at radius 3 is 2.73 bits per heavy atom. The number of para-hydroxylation sites is 2. The predicted molar refractivity (Wildman–Crippen MR) is 120 cm³/mol. The molecule has 0 amide bonds. The van der Waals surface area contributed by atoms with E-state index in [1.807, 2.05) is 33.4 Å². The van der Waals surface area contributed by atoms with E-state index in [-0.39, 0.29) is 23.6 Å². The van der Waals surface area contributed by atoms with Gasteiger partial charge in [0.2, 0.25) is 0 Å². The molecule has 154 valence electrons. The van der Waals surface area contributed by atoms with E-state index >= 15 is 0 Å². The number of ether oxygens (including phenoxy) is 1. The van der Waals surface area contributed by atoms with Crippen molar-refractivity contribution in [2.75, 3.05) is 7.11 Å². The average Bonchev–Trinajstić information content (AvgIpc) is 3.46. The lowest BCUT2D eigenvalue weighted by Gasteiger charge is -2.12. The molecule has 30 heavy (non-hydrogen) atoms. The van der Waals surface area contributed by atoms with Crippen LogP contribution >= 0.6 is 11.3 Å². The summed E-state index contributed by atoms with van der Waals surface area (Å²) in [5, 5.41) is 3.41. The van der Waals surface area contributed by atoms with Gasteiger partial charge >= 0.3 is 11.7 Å². The van der Waals surface area contributed by atoms with E-state index < -0.39 is 0 Å². The Bertz CT molecular complexity index is 1310. The van der Waals surface area contributed by atoms with Crippen LogP contribution in [0.5, 0.6) is 0 Å². The highest BCUT2D eigenvalue weighted by atomic mass is 32.1. The summed E-state index contributed by atoms with van der Waals surface area (Å²) in [6.07, 6.45) is 2.23. The first-order valence-corrected chi connectivity index (χ1v) is 11.2. The zero-order chi connectivity index (χ0) is 20.8. The molecule has 0 saturated heterocycles. The topological polar surface area (TPSA) is 53.2 Å². The van der Waals surface area contributed by atoms with E-state index in [1.54, 1.807) is 11.3 Å². The first-order valence-electron chi connectivity index (χ1n) is 10.3. The summed E-state index contributed by atoms with van der Waals surface area (Å²) in [6, 6.07) is 14.3. The molecule has 4 aromatic rings. The number of thiophene rings is 1. The maximum absolute atomic E-state index is 13.6. The molecule has 2 atom stereocenters. The van der Waals surface area contributed by atoms with Gasteiger partial charge in [0.05, 0.1) is 30.6 Å². The number of esters is 1. The summed E-state index contributed by atoms with van der Waals surface area (Å²) in [5.74, 6) is -0.299. The molecule has 1 aliphatic carbocycles. The molecule has 0 aliphatic heterocycles. The Balaban J connectivity index is 1.60. The van der Waals surface area contributed by atoms with E-state index in [0.717, 1.165) is 23.9 Å². The summed E-state index contributed by atoms with van der Waals surface area (Å²) >= 11 is 1.72. The predicted octanol–water partition coefficient (Wildman–Crippen LogP) is 4.89. The number of nitrogens with zero attached hydrogens (tertiary/aromatic N) is 2.